The summed E-state index contributed by atoms with van der Waals surface area (Å²) in [5.41, 5.74) is 1.87. The van der Waals surface area contributed by atoms with Crippen LogP contribution in [0.1, 0.15) is 34.7 Å². The predicted molar refractivity (Wildman–Crippen MR) is 98.3 cm³/mol. The Morgan fingerprint density at radius 2 is 1.56 bits per heavy atom. The molecular weight excluding hydrogens is 342 g/mol. The molecule has 5 nitrogen and oxygen atoms in total. The maximum atomic E-state index is 13.2. The molecule has 27 heavy (non-hydrogen) atoms. The Morgan fingerprint density at radius 1 is 0.889 bits per heavy atom. The number of carbonyl (C=O) groups excluding carboxylic acids is 2. The van der Waals surface area contributed by atoms with E-state index in [4.69, 9.17) is 5.11 Å². The zero-order chi connectivity index (χ0) is 18.7. The van der Waals surface area contributed by atoms with Gasteiger partial charge in [-0.3, -0.25) is 14.5 Å². The van der Waals surface area contributed by atoms with Crippen molar-refractivity contribution in [3.05, 3.63) is 65.7 Å². The predicted octanol–water partition coefficient (Wildman–Crippen LogP) is 3.31. The van der Waals surface area contributed by atoms with Crippen molar-refractivity contribution in [2.45, 2.75) is 18.8 Å². The van der Waals surface area contributed by atoms with Crippen molar-refractivity contribution >= 4 is 23.5 Å². The Hall–Kier alpha value is -2.95. The first kappa shape index (κ1) is 16.2. The van der Waals surface area contributed by atoms with Gasteiger partial charge in [-0.2, -0.15) is 0 Å². The van der Waals surface area contributed by atoms with Gasteiger partial charge in [-0.05, 0) is 60.4 Å². The molecule has 136 valence electrons. The highest BCUT2D eigenvalue weighted by Gasteiger charge is 2.64. The summed E-state index contributed by atoms with van der Waals surface area (Å²) in [4.78, 5) is 38.5. The largest absolute Gasteiger partial charge is 0.478 e. The molecule has 2 saturated carbocycles. The van der Waals surface area contributed by atoms with Crippen LogP contribution in [0, 0.1) is 23.7 Å². The summed E-state index contributed by atoms with van der Waals surface area (Å²) >= 11 is 0. The van der Waals surface area contributed by atoms with Crippen molar-refractivity contribution < 1.29 is 19.5 Å². The number of imide groups is 1. The molecule has 2 bridgehead atoms. The number of hydrogen-bond donors (Lipinski definition) is 1. The Morgan fingerprint density at radius 3 is 2.22 bits per heavy atom. The highest BCUT2D eigenvalue weighted by molar-refractivity contribution is 6.22. The summed E-state index contributed by atoms with van der Waals surface area (Å²) in [5, 5.41) is 9.04. The molecule has 1 saturated heterocycles. The third-order valence-electron chi connectivity index (χ3n) is 6.62. The van der Waals surface area contributed by atoms with Crippen molar-refractivity contribution in [3.63, 3.8) is 0 Å². The first-order valence-electron chi connectivity index (χ1n) is 9.32. The summed E-state index contributed by atoms with van der Waals surface area (Å²) in [5.74, 6) is -0.938. The smallest absolute Gasteiger partial charge is 0.335 e. The van der Waals surface area contributed by atoms with Gasteiger partial charge >= 0.3 is 5.97 Å². The van der Waals surface area contributed by atoms with E-state index < -0.39 is 5.97 Å². The summed E-state index contributed by atoms with van der Waals surface area (Å²) in [7, 11) is 0. The van der Waals surface area contributed by atoms with Crippen LogP contribution in [0.15, 0.2) is 54.6 Å². The second-order valence-corrected chi connectivity index (χ2v) is 7.83. The average Bonchev–Trinajstić information content (AvgIpc) is 3.34. The van der Waals surface area contributed by atoms with E-state index in [1.807, 2.05) is 18.2 Å². The van der Waals surface area contributed by atoms with Crippen LogP contribution in [0.3, 0.4) is 0 Å². The number of rotatable bonds is 3. The maximum absolute atomic E-state index is 13.2. The zero-order valence-corrected chi connectivity index (χ0v) is 14.6. The molecule has 5 heteroatoms. The van der Waals surface area contributed by atoms with Gasteiger partial charge in [0, 0.05) is 0 Å². The molecule has 2 aliphatic carbocycles. The third kappa shape index (κ3) is 2.27. The third-order valence-corrected chi connectivity index (χ3v) is 6.62. The molecular formula is C22H19NO4. The fourth-order valence-corrected chi connectivity index (χ4v) is 5.55. The van der Waals surface area contributed by atoms with E-state index in [0.29, 0.717) is 11.6 Å². The van der Waals surface area contributed by atoms with Gasteiger partial charge in [-0.15, -0.1) is 0 Å². The standard InChI is InChI=1S/C22H19NO4/c24-20-18-14-10-16(12-4-2-1-3-5-12)17(11-14)19(18)21(25)23(20)15-8-6-13(7-9-15)22(26)27/h1-9,14,16-19H,10-11H2,(H,26,27). The van der Waals surface area contributed by atoms with Gasteiger partial charge in [0.15, 0.2) is 0 Å². The van der Waals surface area contributed by atoms with Gasteiger partial charge in [-0.1, -0.05) is 30.3 Å². The zero-order valence-electron chi connectivity index (χ0n) is 14.6. The fourth-order valence-electron chi connectivity index (χ4n) is 5.55. The fraction of sp³-hybridized carbons (Fsp3) is 0.318. The van der Waals surface area contributed by atoms with Crippen LogP contribution in [0.5, 0.6) is 0 Å². The van der Waals surface area contributed by atoms with Gasteiger partial charge < -0.3 is 5.11 Å². The molecule has 0 spiro atoms. The first-order valence-corrected chi connectivity index (χ1v) is 9.32. The van der Waals surface area contributed by atoms with Gasteiger partial charge in [0.25, 0.3) is 0 Å². The summed E-state index contributed by atoms with van der Waals surface area (Å²) in [6.45, 7) is 0. The molecule has 2 amide bonds. The van der Waals surface area contributed by atoms with Crippen LogP contribution in [0.25, 0.3) is 0 Å². The monoisotopic (exact) mass is 361 g/mol. The van der Waals surface area contributed by atoms with E-state index in [1.54, 1.807) is 12.1 Å². The van der Waals surface area contributed by atoms with Crippen molar-refractivity contribution in [1.82, 2.24) is 0 Å². The number of nitrogens with zero attached hydrogens (tertiary/aromatic N) is 1. The summed E-state index contributed by atoms with van der Waals surface area (Å²) < 4.78 is 0. The van der Waals surface area contributed by atoms with Gasteiger partial charge in [0.05, 0.1) is 23.1 Å². The molecule has 1 heterocycles. The van der Waals surface area contributed by atoms with E-state index >= 15 is 0 Å². The number of benzene rings is 2. The SMILES string of the molecule is O=C(O)c1ccc(N2C(=O)C3C4CC(c5ccccc5)C(C4)C3C2=O)cc1. The molecule has 5 atom stereocenters. The minimum atomic E-state index is -1.03. The van der Waals surface area contributed by atoms with Crippen LogP contribution < -0.4 is 4.90 Å². The molecule has 1 N–H and O–H groups in total. The molecule has 2 aromatic carbocycles. The molecule has 5 unspecified atom stereocenters. The molecule has 0 aromatic heterocycles. The number of hydrogen-bond acceptors (Lipinski definition) is 3. The lowest BCUT2D eigenvalue weighted by molar-refractivity contribution is -0.123. The van der Waals surface area contributed by atoms with Gasteiger partial charge in [0.1, 0.15) is 0 Å². The average molecular weight is 361 g/mol. The topological polar surface area (TPSA) is 74.7 Å². The van der Waals surface area contributed by atoms with Crippen LogP contribution in [0.4, 0.5) is 5.69 Å². The van der Waals surface area contributed by atoms with Crippen molar-refractivity contribution in [2.24, 2.45) is 23.7 Å². The normalized spacial score (nSPS) is 31.4. The molecule has 1 aliphatic heterocycles. The van der Waals surface area contributed by atoms with Crippen molar-refractivity contribution in [3.8, 4) is 0 Å². The van der Waals surface area contributed by atoms with E-state index in [9.17, 15) is 14.4 Å². The molecule has 3 aliphatic rings. The number of carbonyl (C=O) groups is 3. The van der Waals surface area contributed by atoms with Crippen LogP contribution >= 0.6 is 0 Å². The summed E-state index contributed by atoms with van der Waals surface area (Å²) in [6, 6.07) is 16.3. The van der Waals surface area contributed by atoms with Crippen LogP contribution in [-0.4, -0.2) is 22.9 Å². The minimum absolute atomic E-state index is 0.118. The number of carboxylic acid groups (broad SMARTS) is 1. The minimum Gasteiger partial charge on any atom is -0.478 e. The molecule has 2 aromatic rings. The maximum Gasteiger partial charge on any atom is 0.335 e. The quantitative estimate of drug-likeness (QED) is 0.851. The van der Waals surface area contributed by atoms with E-state index in [2.05, 4.69) is 12.1 Å². The Bertz CT molecular complexity index is 937. The van der Waals surface area contributed by atoms with Crippen molar-refractivity contribution in [1.29, 1.82) is 0 Å². The first-order chi connectivity index (χ1) is 13.1. The lowest BCUT2D eigenvalue weighted by atomic mass is 9.73. The Kier molecular flexibility index (Phi) is 3.47. The lowest BCUT2D eigenvalue weighted by Gasteiger charge is -2.28. The molecule has 3 fully saturated rings. The number of amides is 2. The number of carboxylic acids is 1. The number of anilines is 1. The van der Waals surface area contributed by atoms with E-state index in [1.165, 1.54) is 22.6 Å². The lowest BCUT2D eigenvalue weighted by Crippen LogP contribution is -2.33. The van der Waals surface area contributed by atoms with Crippen LogP contribution in [0.2, 0.25) is 0 Å². The highest BCUT2D eigenvalue weighted by atomic mass is 16.4. The van der Waals surface area contributed by atoms with E-state index in [0.717, 1.165) is 12.8 Å². The van der Waals surface area contributed by atoms with Crippen LogP contribution in [-0.2, 0) is 9.59 Å². The van der Waals surface area contributed by atoms with E-state index in [-0.39, 0.29) is 41.0 Å². The highest BCUT2D eigenvalue weighted by Crippen LogP contribution is 2.61. The Labute approximate surface area is 156 Å². The summed E-state index contributed by atoms with van der Waals surface area (Å²) in [6.07, 6.45) is 1.90. The second kappa shape index (κ2) is 5.78. The molecule has 0 radical (unpaired) electrons. The van der Waals surface area contributed by atoms with Gasteiger partial charge in [0.2, 0.25) is 11.8 Å². The Balaban J connectivity index is 1.46. The van der Waals surface area contributed by atoms with Crippen molar-refractivity contribution in [2.75, 3.05) is 4.90 Å². The second-order valence-electron chi connectivity index (χ2n) is 7.83. The number of aromatic carboxylic acids is 1. The van der Waals surface area contributed by atoms with Gasteiger partial charge in [-0.25, -0.2) is 4.79 Å². The molecule has 5 rings (SSSR count). The number of fused-ring (bicyclic) bond motifs is 5.